The van der Waals surface area contributed by atoms with Gasteiger partial charge in [0.05, 0.1) is 18.5 Å². The van der Waals surface area contributed by atoms with Crippen molar-refractivity contribution in [3.8, 4) is 11.1 Å². The molecule has 2 aliphatic rings. The summed E-state index contributed by atoms with van der Waals surface area (Å²) in [6, 6.07) is 8.30. The number of rotatable bonds is 7. The van der Waals surface area contributed by atoms with Gasteiger partial charge in [-0.3, -0.25) is 33.8 Å². The fourth-order valence-electron chi connectivity index (χ4n) is 5.07. The second-order valence-corrected chi connectivity index (χ2v) is 10.7. The zero-order valence-electron chi connectivity index (χ0n) is 24.7. The van der Waals surface area contributed by atoms with Crippen LogP contribution in [0.2, 0.25) is 0 Å². The summed E-state index contributed by atoms with van der Waals surface area (Å²) in [7, 11) is 0. The van der Waals surface area contributed by atoms with Gasteiger partial charge in [-0.2, -0.15) is 0 Å². The van der Waals surface area contributed by atoms with Gasteiger partial charge in [-0.15, -0.1) is 0 Å². The Kier molecular flexibility index (Phi) is 10.5. The Labute approximate surface area is 262 Å². The molecule has 0 saturated carbocycles. The molecule has 0 saturated heterocycles. The van der Waals surface area contributed by atoms with E-state index < -0.39 is 66.6 Å². The summed E-state index contributed by atoms with van der Waals surface area (Å²) in [5.41, 5.74) is 19.5. The van der Waals surface area contributed by atoms with E-state index in [-0.39, 0.29) is 30.9 Å². The van der Waals surface area contributed by atoms with Gasteiger partial charge in [0, 0.05) is 35.7 Å². The Balaban J connectivity index is 1.71. The molecule has 0 fully saturated rings. The second kappa shape index (κ2) is 14.7. The smallest absolute Gasteiger partial charge is 0.305 e. The second-order valence-electron chi connectivity index (χ2n) is 10.7. The van der Waals surface area contributed by atoms with Crippen LogP contribution in [0.25, 0.3) is 22.0 Å². The molecule has 12 N–H and O–H groups in total. The van der Waals surface area contributed by atoms with Gasteiger partial charge in [-0.25, -0.2) is 0 Å². The number of nitrogens with two attached hydrogens (primary N) is 3. The first-order chi connectivity index (χ1) is 21.9. The number of para-hydroxylation sites is 1. The minimum absolute atomic E-state index is 0.0298. The SMILES string of the molecule is NC(=O)[C@H]1Cc2c[nH]c3c(cccc23)-c2ccc(cc2)C(=O)N[C@@H](CCCN=C(N)N)C(=O)NCC(=O)N[C@@H](CC(=O)O)C(=O)N1. The molecule has 3 aromatic rings. The highest BCUT2D eigenvalue weighted by Crippen LogP contribution is 2.30. The van der Waals surface area contributed by atoms with Gasteiger partial charge in [0.15, 0.2) is 5.96 Å². The maximum absolute atomic E-state index is 13.2. The number of guanidine groups is 1. The highest BCUT2D eigenvalue weighted by atomic mass is 16.4. The summed E-state index contributed by atoms with van der Waals surface area (Å²) in [4.78, 5) is 83.1. The molecule has 2 aliphatic heterocycles. The highest BCUT2D eigenvalue weighted by Gasteiger charge is 2.29. The Morgan fingerprint density at radius 3 is 2.28 bits per heavy atom. The lowest BCUT2D eigenvalue weighted by Gasteiger charge is -2.22. The lowest BCUT2D eigenvalue weighted by molar-refractivity contribution is -0.141. The summed E-state index contributed by atoms with van der Waals surface area (Å²) in [6.07, 6.45) is 1.26. The lowest BCUT2D eigenvalue weighted by atomic mass is 9.98. The molecule has 0 spiro atoms. The number of carboxylic acid groups (broad SMARTS) is 1. The molecule has 0 unspecified atom stereocenters. The monoisotopic (exact) mass is 633 g/mol. The quantitative estimate of drug-likeness (QED) is 0.0639. The van der Waals surface area contributed by atoms with Crippen molar-refractivity contribution in [2.45, 2.75) is 43.8 Å². The van der Waals surface area contributed by atoms with E-state index >= 15 is 0 Å². The van der Waals surface area contributed by atoms with Crippen molar-refractivity contribution in [2.75, 3.05) is 13.1 Å². The molecular weight excluding hydrogens is 598 g/mol. The van der Waals surface area contributed by atoms with Crippen molar-refractivity contribution in [2.24, 2.45) is 22.2 Å². The summed E-state index contributed by atoms with van der Waals surface area (Å²) >= 11 is 0. The molecule has 0 aliphatic carbocycles. The Hall–Kier alpha value is -5.93. The number of primary amides is 1. The van der Waals surface area contributed by atoms with Crippen LogP contribution in [0.4, 0.5) is 0 Å². The van der Waals surface area contributed by atoms with Crippen LogP contribution in [-0.2, 0) is 30.4 Å². The summed E-state index contributed by atoms with van der Waals surface area (Å²) < 4.78 is 0. The van der Waals surface area contributed by atoms with Crippen LogP contribution in [0.5, 0.6) is 0 Å². The Bertz CT molecular complexity index is 1680. The van der Waals surface area contributed by atoms with Crippen LogP contribution in [0, 0.1) is 0 Å². The van der Waals surface area contributed by atoms with Crippen molar-refractivity contribution in [1.29, 1.82) is 0 Å². The number of H-pyrrole nitrogens is 1. The molecule has 6 bridgehead atoms. The van der Waals surface area contributed by atoms with Gasteiger partial charge in [0.2, 0.25) is 23.6 Å². The van der Waals surface area contributed by atoms with Gasteiger partial charge >= 0.3 is 5.97 Å². The average molecular weight is 634 g/mol. The van der Waals surface area contributed by atoms with E-state index in [0.717, 1.165) is 22.0 Å². The molecule has 242 valence electrons. The van der Waals surface area contributed by atoms with Gasteiger partial charge in [-0.1, -0.05) is 30.3 Å². The molecule has 46 heavy (non-hydrogen) atoms. The summed E-state index contributed by atoms with van der Waals surface area (Å²) in [5.74, 6) is -5.50. The molecule has 16 nitrogen and oxygen atoms in total. The van der Waals surface area contributed by atoms with Crippen molar-refractivity contribution >= 4 is 52.4 Å². The molecule has 5 amide bonds. The van der Waals surface area contributed by atoms with Crippen LogP contribution in [0.3, 0.4) is 0 Å². The Morgan fingerprint density at radius 2 is 1.61 bits per heavy atom. The number of aromatic nitrogens is 1. The minimum atomic E-state index is -1.59. The predicted octanol–water partition coefficient (Wildman–Crippen LogP) is -1.41. The zero-order valence-corrected chi connectivity index (χ0v) is 24.7. The summed E-state index contributed by atoms with van der Waals surface area (Å²) in [5, 5.41) is 19.9. The average Bonchev–Trinajstić information content (AvgIpc) is 3.42. The molecular formula is C30H35N9O7. The van der Waals surface area contributed by atoms with Crippen molar-refractivity contribution < 1.29 is 33.9 Å². The maximum atomic E-state index is 13.2. The van der Waals surface area contributed by atoms with Gasteiger partial charge < -0.3 is 48.6 Å². The number of aromatic amines is 1. The molecule has 16 heteroatoms. The van der Waals surface area contributed by atoms with E-state index in [1.807, 2.05) is 18.2 Å². The molecule has 3 heterocycles. The number of nitrogens with zero attached hydrogens (tertiary/aromatic N) is 1. The first kappa shape index (κ1) is 33.0. The summed E-state index contributed by atoms with van der Waals surface area (Å²) in [6.45, 7) is -0.463. The fourth-order valence-corrected chi connectivity index (χ4v) is 5.07. The first-order valence-electron chi connectivity index (χ1n) is 14.4. The first-order valence-corrected chi connectivity index (χ1v) is 14.4. The van der Waals surface area contributed by atoms with Crippen LogP contribution in [0.15, 0.2) is 53.7 Å². The molecule has 0 radical (unpaired) electrons. The number of carbonyl (C=O) groups excluding carboxylic acids is 5. The number of benzene rings is 2. The topological polar surface area (TPSA) is 277 Å². The number of carbonyl (C=O) groups is 6. The normalized spacial score (nSPS) is 19.3. The minimum Gasteiger partial charge on any atom is -0.481 e. The fraction of sp³-hybridized carbons (Fsp3) is 0.300. The van der Waals surface area contributed by atoms with E-state index in [9.17, 15) is 33.9 Å². The van der Waals surface area contributed by atoms with Crippen molar-refractivity contribution in [3.05, 3.63) is 59.8 Å². The number of carboxylic acids is 1. The van der Waals surface area contributed by atoms with Crippen molar-refractivity contribution in [1.82, 2.24) is 26.3 Å². The third kappa shape index (κ3) is 8.37. The number of aliphatic carboxylic acids is 1. The van der Waals surface area contributed by atoms with Crippen LogP contribution in [0.1, 0.15) is 35.2 Å². The van der Waals surface area contributed by atoms with Crippen LogP contribution >= 0.6 is 0 Å². The zero-order chi connectivity index (χ0) is 33.4. The number of fused-ring (bicyclic) bond motifs is 14. The van der Waals surface area contributed by atoms with E-state index in [1.54, 1.807) is 30.5 Å². The maximum Gasteiger partial charge on any atom is 0.305 e. The third-order valence-electron chi connectivity index (χ3n) is 7.36. The van der Waals surface area contributed by atoms with Gasteiger partial charge in [0.25, 0.3) is 5.91 Å². The third-order valence-corrected chi connectivity index (χ3v) is 7.36. The van der Waals surface area contributed by atoms with Gasteiger partial charge in [-0.05, 0) is 36.1 Å². The molecule has 2 aromatic carbocycles. The number of nitrogens with one attached hydrogen (secondary N) is 5. The van der Waals surface area contributed by atoms with E-state index in [4.69, 9.17) is 17.2 Å². The van der Waals surface area contributed by atoms with Crippen LogP contribution < -0.4 is 38.5 Å². The predicted molar refractivity (Wildman–Crippen MR) is 167 cm³/mol. The number of aliphatic imine (C=N–C) groups is 1. The van der Waals surface area contributed by atoms with E-state index in [2.05, 4.69) is 31.2 Å². The van der Waals surface area contributed by atoms with Crippen molar-refractivity contribution in [3.63, 3.8) is 0 Å². The molecule has 5 rings (SSSR count). The number of hydrogen-bond donors (Lipinski definition) is 9. The largest absolute Gasteiger partial charge is 0.481 e. The molecule has 1 aromatic heterocycles. The van der Waals surface area contributed by atoms with E-state index in [0.29, 0.717) is 12.0 Å². The molecule has 3 atom stereocenters. The Morgan fingerprint density at radius 1 is 0.891 bits per heavy atom. The number of amides is 5. The highest BCUT2D eigenvalue weighted by molar-refractivity contribution is 6.01. The van der Waals surface area contributed by atoms with Gasteiger partial charge in [0.1, 0.15) is 18.1 Å². The van der Waals surface area contributed by atoms with E-state index in [1.165, 1.54) is 0 Å². The van der Waals surface area contributed by atoms with Crippen LogP contribution in [-0.4, -0.2) is 82.8 Å². The standard InChI is InChI=1S/C30H35N9O7/c31-26(43)21-11-17-13-35-25-18(3-1-4-19(17)25)15-6-8-16(9-7-15)27(44)38-20(5-2-10-34-30(32)33)28(45)36-14-23(40)37-22(12-24(41)42)29(46)39-21/h1,3-4,6-9,13,20-22,35H,2,5,10-12,14H2,(H2,31,43)(H,36,45)(H,37,40)(H,38,44)(H,39,46)(H,41,42)(H4,32,33,34)/t20-,21+,22-/m0/s1. The number of hydrogen-bond acceptors (Lipinski definition) is 7. The lowest BCUT2D eigenvalue weighted by Crippen LogP contribution is -2.55.